The summed E-state index contributed by atoms with van der Waals surface area (Å²) in [6, 6.07) is 4.74. The standard InChI is InChI=1S/C26H37FIN3O4Si/c1-25(2,3)36(7,8)35-26(4,5)15-34-30-23(32)21-17-10-9-11-18(17)24(33)31(6)22(21)29-20-13-12-16(28)14-19(20)27/h12-14,29H,9-11,15H2,1-8H3,(H,30,32). The van der Waals surface area contributed by atoms with E-state index in [1.54, 1.807) is 19.2 Å². The maximum absolute atomic E-state index is 14.6. The van der Waals surface area contributed by atoms with Crippen LogP contribution in [0.15, 0.2) is 23.0 Å². The molecule has 1 aromatic carbocycles. The van der Waals surface area contributed by atoms with Gasteiger partial charge in [0.05, 0.1) is 16.9 Å². The molecule has 0 spiro atoms. The van der Waals surface area contributed by atoms with E-state index in [1.165, 1.54) is 10.6 Å². The molecule has 0 aliphatic heterocycles. The molecule has 0 unspecified atom stereocenters. The molecule has 0 saturated heterocycles. The SMILES string of the molecule is Cn1c(Nc2ccc(I)cc2F)c(C(=O)NOCC(C)(C)O[Si](C)(C)C(C)(C)C)c2c(c1=O)CCC2. The lowest BCUT2D eigenvalue weighted by Crippen LogP contribution is -2.50. The van der Waals surface area contributed by atoms with E-state index in [1.807, 2.05) is 36.4 Å². The lowest BCUT2D eigenvalue weighted by atomic mass is 10.0. The predicted molar refractivity (Wildman–Crippen MR) is 152 cm³/mol. The molecular weight excluding hydrogens is 592 g/mol. The summed E-state index contributed by atoms with van der Waals surface area (Å²) in [6.45, 7) is 14.9. The van der Waals surface area contributed by atoms with Gasteiger partial charge in [-0.1, -0.05) is 20.8 Å². The molecule has 1 amide bonds. The summed E-state index contributed by atoms with van der Waals surface area (Å²) in [5, 5.41) is 3.03. The number of carbonyl (C=O) groups is 1. The molecule has 7 nitrogen and oxygen atoms in total. The number of amides is 1. The fourth-order valence-corrected chi connectivity index (χ4v) is 6.38. The van der Waals surface area contributed by atoms with Crippen LogP contribution in [0.5, 0.6) is 0 Å². The quantitative estimate of drug-likeness (QED) is 0.219. The van der Waals surface area contributed by atoms with Crippen molar-refractivity contribution in [3.05, 3.63) is 54.6 Å². The molecule has 1 heterocycles. The second kappa shape index (κ2) is 10.5. The highest BCUT2D eigenvalue weighted by atomic mass is 127. The Kier molecular flexibility index (Phi) is 8.44. The van der Waals surface area contributed by atoms with E-state index in [-0.39, 0.29) is 28.7 Å². The zero-order chi connectivity index (χ0) is 27.1. The number of nitrogens with one attached hydrogen (secondary N) is 2. The van der Waals surface area contributed by atoms with Crippen molar-refractivity contribution in [3.63, 3.8) is 0 Å². The predicted octanol–water partition coefficient (Wildman–Crippen LogP) is 5.82. The van der Waals surface area contributed by atoms with Crippen LogP contribution in [-0.4, -0.2) is 31.0 Å². The normalized spacial score (nSPS) is 14.1. The number of benzene rings is 1. The van der Waals surface area contributed by atoms with Gasteiger partial charge in [-0.2, -0.15) is 0 Å². The van der Waals surface area contributed by atoms with Gasteiger partial charge in [0.1, 0.15) is 18.2 Å². The van der Waals surface area contributed by atoms with Crippen LogP contribution < -0.4 is 16.4 Å². The number of halogens is 2. The Bertz CT molecular complexity index is 1220. The highest BCUT2D eigenvalue weighted by molar-refractivity contribution is 14.1. The van der Waals surface area contributed by atoms with Gasteiger partial charge in [-0.25, -0.2) is 9.87 Å². The number of rotatable bonds is 8. The van der Waals surface area contributed by atoms with Crippen molar-refractivity contribution < 1.29 is 18.4 Å². The summed E-state index contributed by atoms with van der Waals surface area (Å²) in [6.07, 6.45) is 1.98. The molecule has 3 rings (SSSR count). The van der Waals surface area contributed by atoms with Crippen molar-refractivity contribution in [2.45, 2.75) is 77.6 Å². The summed E-state index contributed by atoms with van der Waals surface area (Å²) in [5.74, 6) is -0.721. The first kappa shape index (κ1) is 28.8. The van der Waals surface area contributed by atoms with Crippen molar-refractivity contribution in [1.29, 1.82) is 0 Å². The highest BCUT2D eigenvalue weighted by Crippen LogP contribution is 2.39. The maximum atomic E-state index is 14.6. The number of pyridine rings is 1. The largest absolute Gasteiger partial charge is 0.409 e. The van der Waals surface area contributed by atoms with Gasteiger partial charge in [0.25, 0.3) is 11.5 Å². The second-order valence-corrected chi connectivity index (χ2v) is 17.5. The lowest BCUT2D eigenvalue weighted by molar-refractivity contribution is -0.0455. The third-order valence-electron chi connectivity index (χ3n) is 6.99. The minimum atomic E-state index is -2.05. The fraction of sp³-hybridized carbons (Fsp3) is 0.538. The van der Waals surface area contributed by atoms with Crippen molar-refractivity contribution in [3.8, 4) is 0 Å². The highest BCUT2D eigenvalue weighted by Gasteiger charge is 2.41. The summed E-state index contributed by atoms with van der Waals surface area (Å²) in [4.78, 5) is 32.1. The van der Waals surface area contributed by atoms with E-state index in [0.29, 0.717) is 29.5 Å². The molecule has 0 bridgehead atoms. The molecule has 0 saturated carbocycles. The molecule has 1 aliphatic rings. The van der Waals surface area contributed by atoms with Crippen molar-refractivity contribution in [2.75, 3.05) is 11.9 Å². The first-order chi connectivity index (χ1) is 16.5. The molecule has 10 heteroatoms. The lowest BCUT2D eigenvalue weighted by Gasteiger charge is -2.42. The summed E-state index contributed by atoms with van der Waals surface area (Å²) in [7, 11) is -0.463. The third kappa shape index (κ3) is 6.20. The minimum absolute atomic E-state index is 0.0360. The van der Waals surface area contributed by atoms with Gasteiger partial charge in [0, 0.05) is 16.2 Å². The second-order valence-electron chi connectivity index (χ2n) is 11.5. The van der Waals surface area contributed by atoms with Gasteiger partial charge in [0.15, 0.2) is 8.32 Å². The Labute approximate surface area is 227 Å². The minimum Gasteiger partial charge on any atom is -0.409 e. The van der Waals surface area contributed by atoms with Crippen LogP contribution in [0.2, 0.25) is 18.1 Å². The first-order valence-corrected chi connectivity index (χ1v) is 16.1. The van der Waals surface area contributed by atoms with Crippen LogP contribution in [-0.2, 0) is 29.2 Å². The van der Waals surface area contributed by atoms with E-state index in [0.717, 1.165) is 9.99 Å². The topological polar surface area (TPSA) is 81.6 Å². The number of aromatic nitrogens is 1. The number of anilines is 2. The van der Waals surface area contributed by atoms with Gasteiger partial charge >= 0.3 is 0 Å². The third-order valence-corrected chi connectivity index (χ3v) is 12.3. The van der Waals surface area contributed by atoms with Gasteiger partial charge < -0.3 is 9.74 Å². The van der Waals surface area contributed by atoms with E-state index < -0.39 is 25.6 Å². The van der Waals surface area contributed by atoms with Gasteiger partial charge in [-0.3, -0.25) is 19.0 Å². The number of nitrogens with zero attached hydrogens (tertiary/aromatic N) is 1. The average Bonchev–Trinajstić information content (AvgIpc) is 3.21. The van der Waals surface area contributed by atoms with Gasteiger partial charge in [-0.05, 0) is 97.6 Å². The van der Waals surface area contributed by atoms with E-state index in [4.69, 9.17) is 9.26 Å². The van der Waals surface area contributed by atoms with E-state index in [2.05, 4.69) is 44.7 Å². The maximum Gasteiger partial charge on any atom is 0.278 e. The molecule has 0 fully saturated rings. The molecule has 0 radical (unpaired) electrons. The Hall–Kier alpha value is -1.76. The Morgan fingerprint density at radius 1 is 1.17 bits per heavy atom. The van der Waals surface area contributed by atoms with Crippen molar-refractivity contribution in [2.24, 2.45) is 7.05 Å². The monoisotopic (exact) mass is 629 g/mol. The number of hydrogen-bond donors (Lipinski definition) is 2. The van der Waals surface area contributed by atoms with Crippen LogP contribution in [0.25, 0.3) is 0 Å². The zero-order valence-electron chi connectivity index (χ0n) is 22.4. The molecule has 1 aliphatic carbocycles. The molecule has 36 heavy (non-hydrogen) atoms. The Balaban J connectivity index is 1.87. The molecular formula is C26H37FIN3O4Si. The molecule has 1 aromatic heterocycles. The summed E-state index contributed by atoms with van der Waals surface area (Å²) >= 11 is 2.03. The van der Waals surface area contributed by atoms with Crippen molar-refractivity contribution >= 4 is 48.3 Å². The first-order valence-electron chi connectivity index (χ1n) is 12.1. The average molecular weight is 630 g/mol. The van der Waals surface area contributed by atoms with Crippen LogP contribution >= 0.6 is 22.6 Å². The van der Waals surface area contributed by atoms with E-state index in [9.17, 15) is 14.0 Å². The molecule has 2 N–H and O–H groups in total. The zero-order valence-corrected chi connectivity index (χ0v) is 25.6. The number of hydrogen-bond acceptors (Lipinski definition) is 5. The summed E-state index contributed by atoms with van der Waals surface area (Å²) in [5.41, 5.74) is 3.54. The Morgan fingerprint density at radius 2 is 1.81 bits per heavy atom. The summed E-state index contributed by atoms with van der Waals surface area (Å²) < 4.78 is 23.2. The number of hydroxylamine groups is 1. The number of carbonyl (C=O) groups excluding carboxylic acids is 1. The molecule has 198 valence electrons. The van der Waals surface area contributed by atoms with Crippen LogP contribution in [0, 0.1) is 9.39 Å². The van der Waals surface area contributed by atoms with E-state index >= 15 is 0 Å². The smallest absolute Gasteiger partial charge is 0.278 e. The molecule has 0 atom stereocenters. The Morgan fingerprint density at radius 3 is 2.42 bits per heavy atom. The van der Waals surface area contributed by atoms with Crippen LogP contribution in [0.3, 0.4) is 0 Å². The fourth-order valence-electron chi connectivity index (χ4n) is 4.18. The van der Waals surface area contributed by atoms with Gasteiger partial charge in [0.2, 0.25) is 0 Å². The van der Waals surface area contributed by atoms with Crippen LogP contribution in [0.1, 0.15) is 62.5 Å². The van der Waals surface area contributed by atoms with Crippen molar-refractivity contribution in [1.82, 2.24) is 10.0 Å². The van der Waals surface area contributed by atoms with Crippen LogP contribution in [0.4, 0.5) is 15.9 Å². The number of fused-ring (bicyclic) bond motifs is 1. The molecule has 2 aromatic rings. The van der Waals surface area contributed by atoms with Gasteiger partial charge in [-0.15, -0.1) is 0 Å².